The van der Waals surface area contributed by atoms with E-state index in [1.165, 1.54) is 12.1 Å². The summed E-state index contributed by atoms with van der Waals surface area (Å²) in [6.07, 6.45) is -0.488. The molecule has 1 aliphatic rings. The third-order valence-corrected chi connectivity index (χ3v) is 3.79. The lowest BCUT2D eigenvalue weighted by atomic mass is 10.0. The summed E-state index contributed by atoms with van der Waals surface area (Å²) >= 11 is 0. The van der Waals surface area contributed by atoms with Gasteiger partial charge in [-0.2, -0.15) is 0 Å². The maximum absolute atomic E-state index is 14.0. The summed E-state index contributed by atoms with van der Waals surface area (Å²) in [5.41, 5.74) is 0.555. The molecule has 0 fully saturated rings. The van der Waals surface area contributed by atoms with Gasteiger partial charge in [-0.3, -0.25) is 4.79 Å². The van der Waals surface area contributed by atoms with E-state index >= 15 is 0 Å². The van der Waals surface area contributed by atoms with Gasteiger partial charge in [0.05, 0.1) is 19.1 Å². The number of benzene rings is 1. The van der Waals surface area contributed by atoms with Crippen LogP contribution in [0.1, 0.15) is 58.2 Å². The molecule has 1 unspecified atom stereocenters. The Kier molecular flexibility index (Phi) is 6.10. The molecule has 1 aliphatic heterocycles. The van der Waals surface area contributed by atoms with Crippen molar-refractivity contribution in [3.8, 4) is 5.75 Å². The molecule has 0 aromatic heterocycles. The highest BCUT2D eigenvalue weighted by molar-refractivity contribution is 5.70. The van der Waals surface area contributed by atoms with Crippen molar-refractivity contribution >= 4 is 12.1 Å². The summed E-state index contributed by atoms with van der Waals surface area (Å²) in [4.78, 5) is 23.6. The van der Waals surface area contributed by atoms with E-state index in [2.05, 4.69) is 5.32 Å². The van der Waals surface area contributed by atoms with E-state index in [0.29, 0.717) is 29.9 Å². The molecule has 26 heavy (non-hydrogen) atoms. The second kappa shape index (κ2) is 7.93. The highest BCUT2D eigenvalue weighted by atomic mass is 19.1. The van der Waals surface area contributed by atoms with Gasteiger partial charge in [-0.1, -0.05) is 0 Å². The monoisotopic (exact) mass is 367 g/mol. The van der Waals surface area contributed by atoms with Crippen LogP contribution in [-0.2, 0) is 20.7 Å². The van der Waals surface area contributed by atoms with Crippen LogP contribution >= 0.6 is 0 Å². The third kappa shape index (κ3) is 5.34. The molecule has 1 heterocycles. The number of carbonyl (C=O) groups excluding carboxylic acids is 2. The Balaban J connectivity index is 2.12. The quantitative estimate of drug-likeness (QED) is 0.804. The minimum absolute atomic E-state index is 0.0947. The lowest BCUT2D eigenvalue weighted by Gasteiger charge is -2.23. The molecule has 0 saturated heterocycles. The summed E-state index contributed by atoms with van der Waals surface area (Å²) < 4.78 is 30.0. The zero-order chi connectivity index (χ0) is 19.5. The predicted octanol–water partition coefficient (Wildman–Crippen LogP) is 3.67. The first-order chi connectivity index (χ1) is 12.1. The second-order valence-corrected chi connectivity index (χ2v) is 7.30. The number of esters is 1. The highest BCUT2D eigenvalue weighted by Crippen LogP contribution is 2.37. The van der Waals surface area contributed by atoms with Gasteiger partial charge < -0.3 is 19.5 Å². The molecule has 1 N–H and O–H groups in total. The van der Waals surface area contributed by atoms with Gasteiger partial charge in [-0.15, -0.1) is 0 Å². The van der Waals surface area contributed by atoms with Crippen LogP contribution in [0.2, 0.25) is 0 Å². The van der Waals surface area contributed by atoms with Crippen LogP contribution in [0.3, 0.4) is 0 Å². The number of halogens is 1. The van der Waals surface area contributed by atoms with E-state index in [4.69, 9.17) is 14.2 Å². The van der Waals surface area contributed by atoms with E-state index < -0.39 is 29.7 Å². The van der Waals surface area contributed by atoms with Gasteiger partial charge in [0, 0.05) is 17.5 Å². The van der Waals surface area contributed by atoms with E-state index in [-0.39, 0.29) is 12.4 Å². The molecular formula is C19H26FNO5. The predicted molar refractivity (Wildman–Crippen MR) is 93.6 cm³/mol. The molecule has 0 bridgehead atoms. The number of alkyl carbamates (subject to hydrolysis) is 1. The van der Waals surface area contributed by atoms with E-state index in [0.717, 1.165) is 0 Å². The van der Waals surface area contributed by atoms with Crippen molar-refractivity contribution in [3.05, 3.63) is 29.1 Å². The zero-order valence-electron chi connectivity index (χ0n) is 15.8. The van der Waals surface area contributed by atoms with Crippen LogP contribution in [-0.4, -0.2) is 30.4 Å². The molecule has 7 heteroatoms. The number of fused-ring (bicyclic) bond motifs is 1. The fraction of sp³-hybridized carbons (Fsp3) is 0.579. The van der Waals surface area contributed by atoms with Crippen molar-refractivity contribution in [2.75, 3.05) is 6.61 Å². The Morgan fingerprint density at radius 2 is 2.08 bits per heavy atom. The van der Waals surface area contributed by atoms with Crippen LogP contribution in [0.25, 0.3) is 0 Å². The van der Waals surface area contributed by atoms with Gasteiger partial charge in [0.15, 0.2) is 0 Å². The summed E-state index contributed by atoms with van der Waals surface area (Å²) in [6.45, 7) is 9.05. The van der Waals surface area contributed by atoms with Gasteiger partial charge in [-0.25, -0.2) is 9.18 Å². The van der Waals surface area contributed by atoms with Gasteiger partial charge >= 0.3 is 12.1 Å². The number of nitrogens with one attached hydrogen (secondary N) is 1. The van der Waals surface area contributed by atoms with Crippen molar-refractivity contribution < 1.29 is 28.2 Å². The summed E-state index contributed by atoms with van der Waals surface area (Å²) in [6, 6.07) is 2.20. The van der Waals surface area contributed by atoms with Crippen molar-refractivity contribution in [3.63, 3.8) is 0 Å². The smallest absolute Gasteiger partial charge is 0.408 e. The highest BCUT2D eigenvalue weighted by Gasteiger charge is 2.31. The normalized spacial score (nSPS) is 17.1. The van der Waals surface area contributed by atoms with Crippen LogP contribution in [0.15, 0.2) is 12.1 Å². The second-order valence-electron chi connectivity index (χ2n) is 7.30. The lowest BCUT2D eigenvalue weighted by molar-refractivity contribution is -0.144. The van der Waals surface area contributed by atoms with Crippen molar-refractivity contribution in [2.24, 2.45) is 0 Å². The largest absolute Gasteiger partial charge is 0.489 e. The number of carbonyl (C=O) groups is 2. The Labute approximate surface area is 153 Å². The lowest BCUT2D eigenvalue weighted by Crippen LogP contribution is -2.34. The van der Waals surface area contributed by atoms with Crippen LogP contribution in [0, 0.1) is 5.82 Å². The van der Waals surface area contributed by atoms with E-state index in [1.807, 2.05) is 0 Å². The Bertz CT molecular complexity index is 683. The molecule has 0 radical (unpaired) electrons. The molecule has 0 aliphatic carbocycles. The first kappa shape index (κ1) is 20.0. The molecule has 144 valence electrons. The molecule has 2 atom stereocenters. The van der Waals surface area contributed by atoms with Gasteiger partial charge in [0.25, 0.3) is 0 Å². The number of rotatable bonds is 5. The summed E-state index contributed by atoms with van der Waals surface area (Å²) in [5.74, 6) is -0.270. The van der Waals surface area contributed by atoms with Crippen LogP contribution in [0.5, 0.6) is 5.75 Å². The molecule has 2 rings (SSSR count). The fourth-order valence-corrected chi connectivity index (χ4v) is 2.83. The summed E-state index contributed by atoms with van der Waals surface area (Å²) in [5, 5.41) is 2.69. The number of hydrogen-bond donors (Lipinski definition) is 1. The minimum atomic E-state index is -0.630. The maximum atomic E-state index is 14.0. The molecule has 1 amide bonds. The topological polar surface area (TPSA) is 73.9 Å². The number of hydrogen-bond acceptors (Lipinski definition) is 5. The van der Waals surface area contributed by atoms with Gasteiger partial charge in [-0.05, 0) is 46.8 Å². The van der Waals surface area contributed by atoms with Crippen molar-refractivity contribution in [1.29, 1.82) is 0 Å². The third-order valence-electron chi connectivity index (χ3n) is 3.79. The molecular weight excluding hydrogens is 341 g/mol. The van der Waals surface area contributed by atoms with Gasteiger partial charge in [0.2, 0.25) is 0 Å². The van der Waals surface area contributed by atoms with Gasteiger partial charge in [0.1, 0.15) is 23.3 Å². The van der Waals surface area contributed by atoms with Crippen LogP contribution in [0.4, 0.5) is 9.18 Å². The molecule has 1 aromatic rings. The molecule has 0 spiro atoms. The summed E-state index contributed by atoms with van der Waals surface area (Å²) in [7, 11) is 0. The Morgan fingerprint density at radius 3 is 2.69 bits per heavy atom. The zero-order valence-corrected chi connectivity index (χ0v) is 15.8. The van der Waals surface area contributed by atoms with Crippen LogP contribution < -0.4 is 10.1 Å². The number of ether oxygens (including phenoxy) is 3. The molecule has 6 nitrogen and oxygen atoms in total. The fourth-order valence-electron chi connectivity index (χ4n) is 2.83. The van der Waals surface area contributed by atoms with Crippen molar-refractivity contribution in [1.82, 2.24) is 5.32 Å². The first-order valence-corrected chi connectivity index (χ1v) is 8.73. The maximum Gasteiger partial charge on any atom is 0.408 e. The molecule has 1 aromatic carbocycles. The average Bonchev–Trinajstić information content (AvgIpc) is 2.86. The standard InChI is InChI=1S/C19H26FNO5/c1-6-24-16(22)10-14-8-12-7-13(20)9-15(17(12)25-14)11(2)21-18(23)26-19(3,4)5/h7,9,11,14H,6,8,10H2,1-5H3,(H,21,23)/t11-,14?/m1/s1. The SMILES string of the molecule is CCOC(=O)CC1Cc2cc(F)cc([C@@H](C)NC(=O)OC(C)(C)C)c2O1. The number of amides is 1. The first-order valence-electron chi connectivity index (χ1n) is 8.73. The molecule has 0 saturated carbocycles. The Morgan fingerprint density at radius 1 is 1.38 bits per heavy atom. The van der Waals surface area contributed by atoms with E-state index in [1.54, 1.807) is 34.6 Å². The Hall–Kier alpha value is -2.31. The minimum Gasteiger partial charge on any atom is -0.489 e. The average molecular weight is 367 g/mol. The van der Waals surface area contributed by atoms with E-state index in [9.17, 15) is 14.0 Å². The van der Waals surface area contributed by atoms with Crippen molar-refractivity contribution in [2.45, 2.75) is 65.2 Å².